The molecule has 1 fully saturated rings. The molecule has 3 nitrogen and oxygen atoms in total. The van der Waals surface area contributed by atoms with E-state index in [0.717, 1.165) is 25.6 Å². The van der Waals surface area contributed by atoms with E-state index >= 15 is 0 Å². The Hall–Kier alpha value is -1.09. The molecule has 0 aliphatic heterocycles. The normalized spacial score (nSPS) is 14.8. The second-order valence-electron chi connectivity index (χ2n) is 5.17. The highest BCUT2D eigenvalue weighted by molar-refractivity contribution is 5.52. The lowest BCUT2D eigenvalue weighted by Gasteiger charge is -2.26. The molecule has 0 aromatic carbocycles. The van der Waals surface area contributed by atoms with Crippen molar-refractivity contribution in [1.82, 2.24) is 10.3 Å². The van der Waals surface area contributed by atoms with Crippen LogP contribution >= 0.6 is 0 Å². The number of rotatable bonds is 8. The molecule has 1 saturated carbocycles. The minimum atomic E-state index is 0.921. The van der Waals surface area contributed by atoms with Crippen LogP contribution in [0.2, 0.25) is 0 Å². The van der Waals surface area contributed by atoms with Crippen LogP contribution in [0, 0.1) is 5.92 Å². The summed E-state index contributed by atoms with van der Waals surface area (Å²) in [6, 6.07) is 2.17. The molecule has 1 aliphatic rings. The molecule has 1 aromatic rings. The maximum atomic E-state index is 4.27. The number of pyridine rings is 1. The molecule has 18 heavy (non-hydrogen) atoms. The van der Waals surface area contributed by atoms with Crippen LogP contribution in [0.25, 0.3) is 0 Å². The van der Waals surface area contributed by atoms with E-state index in [9.17, 15) is 0 Å². The largest absolute Gasteiger partial charge is 0.371 e. The summed E-state index contributed by atoms with van der Waals surface area (Å²) < 4.78 is 0. The van der Waals surface area contributed by atoms with E-state index in [1.807, 2.05) is 12.4 Å². The highest BCUT2D eigenvalue weighted by Crippen LogP contribution is 2.32. The Labute approximate surface area is 111 Å². The van der Waals surface area contributed by atoms with Crippen molar-refractivity contribution in [2.24, 2.45) is 5.92 Å². The number of aromatic nitrogens is 1. The standard InChI is InChI=1S/C15H25N3/c1-3-9-18(12-13-5-6-13)15-7-8-17-11-14(15)10-16-4-2/h7-8,11,13,16H,3-6,9-10,12H2,1-2H3. The lowest BCUT2D eigenvalue weighted by atomic mass is 10.2. The van der Waals surface area contributed by atoms with Gasteiger partial charge in [-0.1, -0.05) is 13.8 Å². The van der Waals surface area contributed by atoms with Gasteiger partial charge < -0.3 is 10.2 Å². The number of nitrogens with zero attached hydrogens (tertiary/aromatic N) is 2. The monoisotopic (exact) mass is 247 g/mol. The summed E-state index contributed by atoms with van der Waals surface area (Å²) >= 11 is 0. The predicted octanol–water partition coefficient (Wildman–Crippen LogP) is 2.82. The third-order valence-electron chi connectivity index (χ3n) is 3.45. The van der Waals surface area contributed by atoms with E-state index in [0.29, 0.717) is 0 Å². The summed E-state index contributed by atoms with van der Waals surface area (Å²) in [7, 11) is 0. The first-order valence-corrected chi connectivity index (χ1v) is 7.23. The Morgan fingerprint density at radius 2 is 2.22 bits per heavy atom. The van der Waals surface area contributed by atoms with E-state index in [-0.39, 0.29) is 0 Å². The van der Waals surface area contributed by atoms with Crippen LogP contribution < -0.4 is 10.2 Å². The fourth-order valence-electron chi connectivity index (χ4n) is 2.32. The molecular weight excluding hydrogens is 222 g/mol. The van der Waals surface area contributed by atoms with E-state index in [1.54, 1.807) is 0 Å². The topological polar surface area (TPSA) is 28.2 Å². The highest BCUT2D eigenvalue weighted by Gasteiger charge is 2.24. The van der Waals surface area contributed by atoms with Crippen LogP contribution in [0.5, 0.6) is 0 Å². The van der Waals surface area contributed by atoms with Gasteiger partial charge in [0.05, 0.1) is 0 Å². The van der Waals surface area contributed by atoms with E-state index in [2.05, 4.69) is 35.1 Å². The quantitative estimate of drug-likeness (QED) is 0.765. The lowest BCUT2D eigenvalue weighted by Crippen LogP contribution is -2.28. The van der Waals surface area contributed by atoms with Crippen LogP contribution in [0.15, 0.2) is 18.5 Å². The molecule has 0 bridgehead atoms. The number of hydrogen-bond donors (Lipinski definition) is 1. The number of anilines is 1. The van der Waals surface area contributed by atoms with Crippen LogP contribution in [0.3, 0.4) is 0 Å². The highest BCUT2D eigenvalue weighted by atomic mass is 15.1. The van der Waals surface area contributed by atoms with Crippen molar-refractivity contribution in [3.05, 3.63) is 24.0 Å². The molecule has 100 valence electrons. The Kier molecular flexibility index (Phi) is 5.00. The van der Waals surface area contributed by atoms with Gasteiger partial charge in [-0.05, 0) is 37.8 Å². The summed E-state index contributed by atoms with van der Waals surface area (Å²) in [6.45, 7) is 8.70. The number of nitrogens with one attached hydrogen (secondary N) is 1. The van der Waals surface area contributed by atoms with Gasteiger partial charge in [0, 0.05) is 43.3 Å². The first-order valence-electron chi connectivity index (χ1n) is 7.23. The lowest BCUT2D eigenvalue weighted by molar-refractivity contribution is 0.687. The molecule has 1 heterocycles. The fourth-order valence-corrected chi connectivity index (χ4v) is 2.32. The molecule has 2 rings (SSSR count). The van der Waals surface area contributed by atoms with Crippen molar-refractivity contribution in [2.45, 2.75) is 39.7 Å². The second kappa shape index (κ2) is 6.74. The average Bonchev–Trinajstić information content (AvgIpc) is 3.20. The van der Waals surface area contributed by atoms with Crippen LogP contribution in [0.1, 0.15) is 38.7 Å². The predicted molar refractivity (Wildman–Crippen MR) is 76.8 cm³/mol. The molecular formula is C15H25N3. The zero-order valence-corrected chi connectivity index (χ0v) is 11.7. The molecule has 0 atom stereocenters. The van der Waals surface area contributed by atoms with Crippen molar-refractivity contribution >= 4 is 5.69 Å². The third kappa shape index (κ3) is 3.70. The molecule has 0 saturated heterocycles. The van der Waals surface area contributed by atoms with Gasteiger partial charge in [-0.2, -0.15) is 0 Å². The van der Waals surface area contributed by atoms with Crippen molar-refractivity contribution in [3.63, 3.8) is 0 Å². The Morgan fingerprint density at radius 1 is 1.39 bits per heavy atom. The minimum absolute atomic E-state index is 0.921. The number of hydrogen-bond acceptors (Lipinski definition) is 3. The van der Waals surface area contributed by atoms with Gasteiger partial charge >= 0.3 is 0 Å². The summed E-state index contributed by atoms with van der Waals surface area (Å²) in [5.41, 5.74) is 2.70. The van der Waals surface area contributed by atoms with Gasteiger partial charge in [-0.15, -0.1) is 0 Å². The molecule has 0 amide bonds. The Morgan fingerprint density at radius 3 is 2.89 bits per heavy atom. The molecule has 1 aliphatic carbocycles. The Balaban J connectivity index is 2.10. The molecule has 0 unspecified atom stereocenters. The summed E-state index contributed by atoms with van der Waals surface area (Å²) in [4.78, 5) is 6.82. The average molecular weight is 247 g/mol. The van der Waals surface area contributed by atoms with Gasteiger partial charge in [-0.3, -0.25) is 4.98 Å². The molecule has 3 heteroatoms. The molecule has 0 radical (unpaired) electrons. The van der Waals surface area contributed by atoms with Crippen molar-refractivity contribution < 1.29 is 0 Å². The van der Waals surface area contributed by atoms with Gasteiger partial charge in [0.1, 0.15) is 0 Å². The molecule has 1 N–H and O–H groups in total. The molecule has 1 aromatic heterocycles. The summed E-state index contributed by atoms with van der Waals surface area (Å²) in [6.07, 6.45) is 7.95. The van der Waals surface area contributed by atoms with Gasteiger partial charge in [0.25, 0.3) is 0 Å². The van der Waals surface area contributed by atoms with E-state index in [1.165, 1.54) is 37.1 Å². The SMILES string of the molecule is CCCN(CC1CC1)c1ccncc1CNCC. The second-order valence-corrected chi connectivity index (χ2v) is 5.17. The smallest absolute Gasteiger partial charge is 0.0442 e. The summed E-state index contributed by atoms with van der Waals surface area (Å²) in [5.74, 6) is 0.927. The minimum Gasteiger partial charge on any atom is -0.371 e. The third-order valence-corrected chi connectivity index (χ3v) is 3.45. The van der Waals surface area contributed by atoms with Crippen molar-refractivity contribution in [2.75, 3.05) is 24.5 Å². The Bertz CT molecular complexity index is 361. The maximum absolute atomic E-state index is 4.27. The summed E-state index contributed by atoms with van der Waals surface area (Å²) in [5, 5.41) is 3.40. The van der Waals surface area contributed by atoms with Gasteiger partial charge in [0.2, 0.25) is 0 Å². The van der Waals surface area contributed by atoms with E-state index in [4.69, 9.17) is 0 Å². The van der Waals surface area contributed by atoms with Crippen LogP contribution in [0.4, 0.5) is 5.69 Å². The zero-order chi connectivity index (χ0) is 12.8. The van der Waals surface area contributed by atoms with Gasteiger partial charge in [0.15, 0.2) is 0 Å². The first kappa shape index (κ1) is 13.3. The van der Waals surface area contributed by atoms with Crippen molar-refractivity contribution in [1.29, 1.82) is 0 Å². The zero-order valence-electron chi connectivity index (χ0n) is 11.7. The van der Waals surface area contributed by atoms with E-state index < -0.39 is 0 Å². The van der Waals surface area contributed by atoms with Crippen LogP contribution in [-0.4, -0.2) is 24.6 Å². The fraction of sp³-hybridized carbons (Fsp3) is 0.667. The van der Waals surface area contributed by atoms with Crippen molar-refractivity contribution in [3.8, 4) is 0 Å². The van der Waals surface area contributed by atoms with Gasteiger partial charge in [-0.25, -0.2) is 0 Å². The first-order chi connectivity index (χ1) is 8.85. The molecule has 0 spiro atoms. The maximum Gasteiger partial charge on any atom is 0.0442 e. The van der Waals surface area contributed by atoms with Crippen LogP contribution in [-0.2, 0) is 6.54 Å².